The third-order valence-electron chi connectivity index (χ3n) is 2.81. The summed E-state index contributed by atoms with van der Waals surface area (Å²) in [5, 5.41) is 3.34. The smallest absolute Gasteiger partial charge is 0.123 e. The van der Waals surface area contributed by atoms with Crippen molar-refractivity contribution in [3.8, 4) is 0 Å². The quantitative estimate of drug-likeness (QED) is 0.838. The molecule has 0 unspecified atom stereocenters. The summed E-state index contributed by atoms with van der Waals surface area (Å²) < 4.78 is 12.6. The van der Waals surface area contributed by atoms with E-state index in [0.29, 0.717) is 5.92 Å². The van der Waals surface area contributed by atoms with Crippen molar-refractivity contribution in [3.05, 3.63) is 41.7 Å². The molecule has 0 spiro atoms. The number of allylic oxidation sites excluding steroid dienone is 1. The Labute approximate surface area is 102 Å². The minimum absolute atomic E-state index is 0. The molecule has 88 valence electrons. The number of benzene rings is 1. The van der Waals surface area contributed by atoms with E-state index in [2.05, 4.69) is 17.5 Å². The van der Waals surface area contributed by atoms with E-state index in [1.165, 1.54) is 25.0 Å². The van der Waals surface area contributed by atoms with Crippen LogP contribution in [0.15, 0.2) is 30.3 Å². The van der Waals surface area contributed by atoms with Gasteiger partial charge in [0.25, 0.3) is 0 Å². The Morgan fingerprint density at radius 3 is 2.38 bits per heavy atom. The summed E-state index contributed by atoms with van der Waals surface area (Å²) in [4.78, 5) is 0. The predicted molar refractivity (Wildman–Crippen MR) is 68.3 cm³/mol. The number of nitrogens with one attached hydrogen (secondary N) is 1. The average molecular weight is 242 g/mol. The molecule has 1 saturated heterocycles. The van der Waals surface area contributed by atoms with Crippen LogP contribution >= 0.6 is 12.4 Å². The van der Waals surface area contributed by atoms with E-state index < -0.39 is 0 Å². The van der Waals surface area contributed by atoms with Gasteiger partial charge >= 0.3 is 0 Å². The highest BCUT2D eigenvalue weighted by Gasteiger charge is 2.08. The number of halogens is 2. The lowest BCUT2D eigenvalue weighted by Crippen LogP contribution is -2.26. The van der Waals surface area contributed by atoms with E-state index in [1.54, 1.807) is 0 Å². The van der Waals surface area contributed by atoms with Gasteiger partial charge in [-0.05, 0) is 49.5 Å². The lowest BCUT2D eigenvalue weighted by atomic mass is 9.97. The van der Waals surface area contributed by atoms with E-state index in [9.17, 15) is 4.39 Å². The molecule has 1 aliphatic rings. The summed E-state index contributed by atoms with van der Waals surface area (Å²) in [7, 11) is 0. The summed E-state index contributed by atoms with van der Waals surface area (Å²) in [5.41, 5.74) is 1.08. The minimum Gasteiger partial charge on any atom is -0.317 e. The van der Waals surface area contributed by atoms with E-state index in [4.69, 9.17) is 0 Å². The van der Waals surface area contributed by atoms with Crippen molar-refractivity contribution in [1.29, 1.82) is 0 Å². The van der Waals surface area contributed by atoms with Gasteiger partial charge in [0.15, 0.2) is 0 Å². The van der Waals surface area contributed by atoms with Crippen molar-refractivity contribution in [1.82, 2.24) is 5.32 Å². The van der Waals surface area contributed by atoms with Crippen LogP contribution in [0.5, 0.6) is 0 Å². The lowest BCUT2D eigenvalue weighted by molar-refractivity contribution is 0.438. The van der Waals surface area contributed by atoms with Crippen LogP contribution in [0.3, 0.4) is 0 Å². The Bertz CT molecular complexity index is 328. The molecule has 1 aromatic carbocycles. The van der Waals surface area contributed by atoms with E-state index in [0.717, 1.165) is 18.7 Å². The summed E-state index contributed by atoms with van der Waals surface area (Å²) >= 11 is 0. The van der Waals surface area contributed by atoms with Gasteiger partial charge < -0.3 is 5.32 Å². The van der Waals surface area contributed by atoms with Crippen LogP contribution in [0.1, 0.15) is 18.4 Å². The first-order valence-electron chi connectivity index (χ1n) is 5.49. The van der Waals surface area contributed by atoms with Gasteiger partial charge in [0.05, 0.1) is 0 Å². The molecule has 0 aliphatic carbocycles. The number of rotatable bonds is 2. The largest absolute Gasteiger partial charge is 0.317 e. The molecule has 0 saturated carbocycles. The third-order valence-corrected chi connectivity index (χ3v) is 2.81. The third kappa shape index (κ3) is 3.95. The van der Waals surface area contributed by atoms with Crippen LogP contribution in [0.25, 0.3) is 6.08 Å². The molecule has 0 amide bonds. The van der Waals surface area contributed by atoms with Crippen molar-refractivity contribution in [3.63, 3.8) is 0 Å². The number of piperidine rings is 1. The van der Waals surface area contributed by atoms with Crippen LogP contribution < -0.4 is 5.32 Å². The molecule has 0 atom stereocenters. The maximum Gasteiger partial charge on any atom is 0.123 e. The lowest BCUT2D eigenvalue weighted by Gasteiger charge is -2.19. The zero-order valence-electron chi connectivity index (χ0n) is 9.16. The van der Waals surface area contributed by atoms with Crippen LogP contribution in [-0.4, -0.2) is 13.1 Å². The molecule has 1 fully saturated rings. The first-order chi connectivity index (χ1) is 7.34. The maximum absolute atomic E-state index is 12.6. The monoisotopic (exact) mass is 241 g/mol. The van der Waals surface area contributed by atoms with Crippen LogP contribution in [0.4, 0.5) is 4.39 Å². The van der Waals surface area contributed by atoms with Crippen molar-refractivity contribution in [2.45, 2.75) is 12.8 Å². The standard InChI is InChI=1S/C13H16FN.ClH/c14-13-5-3-11(4-6-13)1-2-12-7-9-15-10-8-12;/h1-6,12,15H,7-10H2;1H/b2-1+;. The Hall–Kier alpha value is -0.860. The van der Waals surface area contributed by atoms with E-state index in [-0.39, 0.29) is 18.2 Å². The zero-order chi connectivity index (χ0) is 10.5. The van der Waals surface area contributed by atoms with Gasteiger partial charge in [-0.2, -0.15) is 0 Å². The summed E-state index contributed by atoms with van der Waals surface area (Å²) in [6.07, 6.45) is 6.75. The molecule has 1 aliphatic heterocycles. The summed E-state index contributed by atoms with van der Waals surface area (Å²) in [6.45, 7) is 2.22. The van der Waals surface area contributed by atoms with Gasteiger partial charge in [-0.15, -0.1) is 12.4 Å². The molecular weight excluding hydrogens is 225 g/mol. The molecule has 3 heteroatoms. The second-order valence-corrected chi connectivity index (χ2v) is 4.00. The fourth-order valence-corrected chi connectivity index (χ4v) is 1.86. The Morgan fingerprint density at radius 1 is 1.12 bits per heavy atom. The maximum atomic E-state index is 12.6. The number of hydrogen-bond donors (Lipinski definition) is 1. The van der Waals surface area contributed by atoms with Crippen molar-refractivity contribution < 1.29 is 4.39 Å². The second-order valence-electron chi connectivity index (χ2n) is 4.00. The van der Waals surface area contributed by atoms with Crippen LogP contribution in [-0.2, 0) is 0 Å². The van der Waals surface area contributed by atoms with Crippen LogP contribution in [0, 0.1) is 11.7 Å². The van der Waals surface area contributed by atoms with Crippen molar-refractivity contribution in [2.75, 3.05) is 13.1 Å². The van der Waals surface area contributed by atoms with Gasteiger partial charge in [0.1, 0.15) is 5.82 Å². The number of hydrogen-bond acceptors (Lipinski definition) is 1. The first-order valence-corrected chi connectivity index (χ1v) is 5.49. The first kappa shape index (κ1) is 13.2. The van der Waals surface area contributed by atoms with Gasteiger partial charge in [0.2, 0.25) is 0 Å². The fourth-order valence-electron chi connectivity index (χ4n) is 1.86. The molecule has 0 aromatic heterocycles. The van der Waals surface area contributed by atoms with E-state index >= 15 is 0 Å². The molecule has 1 aromatic rings. The zero-order valence-corrected chi connectivity index (χ0v) is 9.97. The topological polar surface area (TPSA) is 12.0 Å². The summed E-state index contributed by atoms with van der Waals surface area (Å²) in [5.74, 6) is 0.505. The highest BCUT2D eigenvalue weighted by atomic mass is 35.5. The van der Waals surface area contributed by atoms with Crippen molar-refractivity contribution >= 4 is 18.5 Å². The SMILES string of the molecule is Cl.Fc1ccc(/C=C/C2CCNCC2)cc1. The van der Waals surface area contributed by atoms with Gasteiger partial charge in [-0.3, -0.25) is 0 Å². The minimum atomic E-state index is -0.172. The van der Waals surface area contributed by atoms with Crippen molar-refractivity contribution in [2.24, 2.45) is 5.92 Å². The molecule has 2 rings (SSSR count). The van der Waals surface area contributed by atoms with Crippen LogP contribution in [0.2, 0.25) is 0 Å². The normalized spacial score (nSPS) is 17.3. The molecule has 0 radical (unpaired) electrons. The highest BCUT2D eigenvalue weighted by molar-refractivity contribution is 5.85. The molecular formula is C13H17ClFN. The molecule has 16 heavy (non-hydrogen) atoms. The highest BCUT2D eigenvalue weighted by Crippen LogP contribution is 2.15. The average Bonchev–Trinajstić information content (AvgIpc) is 2.30. The van der Waals surface area contributed by atoms with E-state index in [1.807, 2.05) is 12.1 Å². The predicted octanol–water partition coefficient (Wildman–Crippen LogP) is 3.26. The molecule has 0 bridgehead atoms. The summed E-state index contributed by atoms with van der Waals surface area (Å²) in [6, 6.07) is 6.63. The molecule has 1 nitrogen and oxygen atoms in total. The van der Waals surface area contributed by atoms with Gasteiger partial charge in [-0.25, -0.2) is 4.39 Å². The Kier molecular flexibility index (Phi) is 5.50. The Morgan fingerprint density at radius 2 is 1.75 bits per heavy atom. The van der Waals surface area contributed by atoms with Gasteiger partial charge in [-0.1, -0.05) is 24.3 Å². The molecule has 1 N–H and O–H groups in total. The fraction of sp³-hybridized carbons (Fsp3) is 0.385. The molecule has 1 heterocycles. The Balaban J connectivity index is 0.00000128. The van der Waals surface area contributed by atoms with Gasteiger partial charge in [0, 0.05) is 0 Å². The second kappa shape index (κ2) is 6.66.